The van der Waals surface area contributed by atoms with Crippen molar-refractivity contribution in [2.75, 3.05) is 7.05 Å². The van der Waals surface area contributed by atoms with Crippen LogP contribution < -0.4 is 5.32 Å². The zero-order valence-electron chi connectivity index (χ0n) is 8.57. The fourth-order valence-corrected chi connectivity index (χ4v) is 1.31. The first-order valence-electron chi connectivity index (χ1n) is 4.55. The highest BCUT2D eigenvalue weighted by Crippen LogP contribution is 2.05. The number of aryl methyl sites for hydroxylation is 2. The molecule has 0 aliphatic carbocycles. The average Bonchev–Trinajstić information content (AvgIpc) is 2.51. The van der Waals surface area contributed by atoms with E-state index < -0.39 is 0 Å². The van der Waals surface area contributed by atoms with Crippen molar-refractivity contribution in [3.63, 3.8) is 0 Å². The van der Waals surface area contributed by atoms with Gasteiger partial charge in [0.2, 0.25) is 0 Å². The summed E-state index contributed by atoms with van der Waals surface area (Å²) in [4.78, 5) is 8.53. The van der Waals surface area contributed by atoms with Gasteiger partial charge in [0, 0.05) is 6.54 Å². The summed E-state index contributed by atoms with van der Waals surface area (Å²) in [7, 11) is 1.90. The highest BCUT2D eigenvalue weighted by Gasteiger charge is 2.06. The number of imidazole rings is 1. The molecule has 0 unspecified atom stereocenters. The molecule has 0 bridgehead atoms. The number of rotatable bonds is 2. The predicted molar refractivity (Wildman–Crippen MR) is 53.0 cm³/mol. The average molecular weight is 191 g/mol. The highest BCUT2D eigenvalue weighted by molar-refractivity contribution is 5.31. The standard InChI is InChI=1S/C9H13N5/c1-6-7(2)13-14-8(4-10-3)5-11-9(14)12-6/h5,10H,4H2,1-3H3. The molecular weight excluding hydrogens is 178 g/mol. The summed E-state index contributed by atoms with van der Waals surface area (Å²) < 4.78 is 1.78. The van der Waals surface area contributed by atoms with Crippen molar-refractivity contribution in [1.82, 2.24) is 24.9 Å². The van der Waals surface area contributed by atoms with Crippen LogP contribution >= 0.6 is 0 Å². The lowest BCUT2D eigenvalue weighted by molar-refractivity contribution is 0.731. The van der Waals surface area contributed by atoms with Crippen molar-refractivity contribution in [3.8, 4) is 0 Å². The first-order chi connectivity index (χ1) is 6.72. The van der Waals surface area contributed by atoms with Crippen LogP contribution in [0.4, 0.5) is 0 Å². The summed E-state index contributed by atoms with van der Waals surface area (Å²) in [6.07, 6.45) is 1.80. The van der Waals surface area contributed by atoms with Gasteiger partial charge in [0.1, 0.15) is 0 Å². The third kappa shape index (κ3) is 1.35. The number of nitrogens with one attached hydrogen (secondary N) is 1. The van der Waals surface area contributed by atoms with E-state index in [-0.39, 0.29) is 0 Å². The van der Waals surface area contributed by atoms with Crippen LogP contribution in [0, 0.1) is 13.8 Å². The van der Waals surface area contributed by atoms with Crippen LogP contribution in [0.5, 0.6) is 0 Å². The molecule has 0 aliphatic rings. The Bertz CT molecular complexity index is 459. The highest BCUT2D eigenvalue weighted by atomic mass is 15.3. The summed E-state index contributed by atoms with van der Waals surface area (Å²) in [6, 6.07) is 0. The van der Waals surface area contributed by atoms with E-state index in [2.05, 4.69) is 20.4 Å². The lowest BCUT2D eigenvalue weighted by Gasteiger charge is -2.01. The van der Waals surface area contributed by atoms with E-state index in [9.17, 15) is 0 Å². The summed E-state index contributed by atoms with van der Waals surface area (Å²) in [5.41, 5.74) is 2.89. The molecule has 74 valence electrons. The Morgan fingerprint density at radius 3 is 2.86 bits per heavy atom. The van der Waals surface area contributed by atoms with E-state index in [0.717, 1.165) is 23.6 Å². The Labute approximate surface area is 82.2 Å². The van der Waals surface area contributed by atoms with Crippen LogP contribution in [-0.4, -0.2) is 26.6 Å². The minimum absolute atomic E-state index is 0.665. The molecule has 14 heavy (non-hydrogen) atoms. The quantitative estimate of drug-likeness (QED) is 0.749. The molecule has 0 radical (unpaired) electrons. The molecule has 0 aromatic carbocycles. The number of nitrogens with zero attached hydrogens (tertiary/aromatic N) is 4. The second-order valence-electron chi connectivity index (χ2n) is 3.27. The Kier molecular flexibility index (Phi) is 2.17. The Morgan fingerprint density at radius 2 is 2.14 bits per heavy atom. The Morgan fingerprint density at radius 1 is 1.36 bits per heavy atom. The molecule has 0 fully saturated rings. The molecule has 1 N–H and O–H groups in total. The maximum atomic E-state index is 4.41. The van der Waals surface area contributed by atoms with Gasteiger partial charge < -0.3 is 5.32 Å². The molecular formula is C9H13N5. The minimum Gasteiger partial charge on any atom is -0.314 e. The molecule has 0 spiro atoms. The van der Waals surface area contributed by atoms with Gasteiger partial charge in [0.25, 0.3) is 5.78 Å². The van der Waals surface area contributed by atoms with Crippen molar-refractivity contribution in [1.29, 1.82) is 0 Å². The van der Waals surface area contributed by atoms with E-state index in [1.165, 1.54) is 0 Å². The topological polar surface area (TPSA) is 55.1 Å². The van der Waals surface area contributed by atoms with Crippen molar-refractivity contribution >= 4 is 5.78 Å². The molecule has 0 aliphatic heterocycles. The van der Waals surface area contributed by atoms with Crippen LogP contribution in [-0.2, 0) is 6.54 Å². The van der Waals surface area contributed by atoms with Crippen LogP contribution in [0.1, 0.15) is 17.1 Å². The van der Waals surface area contributed by atoms with Gasteiger partial charge in [0.05, 0.1) is 23.3 Å². The molecule has 2 heterocycles. The van der Waals surface area contributed by atoms with Gasteiger partial charge in [-0.1, -0.05) is 0 Å². The molecule has 5 heteroatoms. The van der Waals surface area contributed by atoms with Gasteiger partial charge in [-0.05, 0) is 20.9 Å². The zero-order valence-corrected chi connectivity index (χ0v) is 8.57. The molecule has 0 saturated heterocycles. The zero-order chi connectivity index (χ0) is 10.1. The van der Waals surface area contributed by atoms with Gasteiger partial charge in [-0.3, -0.25) is 0 Å². The number of aromatic nitrogens is 4. The third-order valence-electron chi connectivity index (χ3n) is 2.19. The van der Waals surface area contributed by atoms with Crippen LogP contribution in [0.2, 0.25) is 0 Å². The Balaban J connectivity index is 2.61. The lowest BCUT2D eigenvalue weighted by atomic mass is 10.4. The maximum Gasteiger partial charge on any atom is 0.251 e. The first-order valence-corrected chi connectivity index (χ1v) is 4.55. The summed E-state index contributed by atoms with van der Waals surface area (Å²) in [5, 5.41) is 7.47. The van der Waals surface area contributed by atoms with Crippen LogP contribution in [0.3, 0.4) is 0 Å². The van der Waals surface area contributed by atoms with Gasteiger partial charge in [-0.2, -0.15) is 9.61 Å². The summed E-state index contributed by atoms with van der Waals surface area (Å²) >= 11 is 0. The van der Waals surface area contributed by atoms with Crippen LogP contribution in [0.25, 0.3) is 5.78 Å². The first kappa shape index (κ1) is 9.08. The molecule has 0 atom stereocenters. The van der Waals surface area contributed by atoms with Gasteiger partial charge in [-0.15, -0.1) is 0 Å². The van der Waals surface area contributed by atoms with Crippen molar-refractivity contribution in [2.24, 2.45) is 0 Å². The summed E-state index contributed by atoms with van der Waals surface area (Å²) in [6.45, 7) is 4.64. The van der Waals surface area contributed by atoms with Crippen molar-refractivity contribution in [2.45, 2.75) is 20.4 Å². The van der Waals surface area contributed by atoms with E-state index in [4.69, 9.17) is 0 Å². The van der Waals surface area contributed by atoms with Gasteiger partial charge >= 0.3 is 0 Å². The van der Waals surface area contributed by atoms with E-state index >= 15 is 0 Å². The second-order valence-corrected chi connectivity index (χ2v) is 3.27. The van der Waals surface area contributed by atoms with Crippen LogP contribution in [0.15, 0.2) is 6.20 Å². The van der Waals surface area contributed by atoms with Crippen molar-refractivity contribution in [3.05, 3.63) is 23.3 Å². The van der Waals surface area contributed by atoms with E-state index in [1.807, 2.05) is 20.9 Å². The van der Waals surface area contributed by atoms with Gasteiger partial charge in [-0.25, -0.2) is 9.97 Å². The smallest absolute Gasteiger partial charge is 0.251 e. The fraction of sp³-hybridized carbons (Fsp3) is 0.444. The fourth-order valence-electron chi connectivity index (χ4n) is 1.31. The third-order valence-corrected chi connectivity index (χ3v) is 2.19. The second kappa shape index (κ2) is 3.34. The SMILES string of the molecule is CNCc1cnc2nc(C)c(C)nn12. The normalized spacial score (nSPS) is 11.1. The number of fused-ring (bicyclic) bond motifs is 1. The number of hydrogen-bond acceptors (Lipinski definition) is 4. The molecule has 0 amide bonds. The molecule has 2 aromatic heterocycles. The molecule has 0 saturated carbocycles. The predicted octanol–water partition coefficient (Wildman–Crippen LogP) is 0.461. The van der Waals surface area contributed by atoms with Crippen molar-refractivity contribution < 1.29 is 0 Å². The summed E-state index contributed by atoms with van der Waals surface area (Å²) in [5.74, 6) is 0.665. The maximum absolute atomic E-state index is 4.41. The van der Waals surface area contributed by atoms with Gasteiger partial charge in [0.15, 0.2) is 0 Å². The Hall–Kier alpha value is -1.49. The van der Waals surface area contributed by atoms with E-state index in [1.54, 1.807) is 10.7 Å². The largest absolute Gasteiger partial charge is 0.314 e. The monoisotopic (exact) mass is 191 g/mol. The lowest BCUT2D eigenvalue weighted by Crippen LogP contribution is -2.10. The molecule has 2 aromatic rings. The number of hydrogen-bond donors (Lipinski definition) is 1. The molecule has 5 nitrogen and oxygen atoms in total. The van der Waals surface area contributed by atoms with E-state index in [0.29, 0.717) is 5.78 Å². The minimum atomic E-state index is 0.665. The molecule has 2 rings (SSSR count).